The highest BCUT2D eigenvalue weighted by Crippen LogP contribution is 2.14. The normalized spacial score (nSPS) is 15.3. The van der Waals surface area contributed by atoms with Gasteiger partial charge in [-0.05, 0) is 31.5 Å². The van der Waals surface area contributed by atoms with Gasteiger partial charge < -0.3 is 0 Å². The van der Waals surface area contributed by atoms with Crippen LogP contribution in [0.15, 0.2) is 64.8 Å². The minimum Gasteiger partial charge on any atom is -0.273 e. The molecule has 134 valence electrons. The number of aromatic nitrogens is 1. The Morgan fingerprint density at radius 1 is 1.12 bits per heavy atom. The summed E-state index contributed by atoms with van der Waals surface area (Å²) in [6.45, 7) is 4.28. The Morgan fingerprint density at radius 3 is 2.58 bits per heavy atom. The molecular formula is C20H22N4O2. The van der Waals surface area contributed by atoms with Crippen molar-refractivity contribution in [1.29, 1.82) is 0 Å². The van der Waals surface area contributed by atoms with Crippen LogP contribution in [-0.4, -0.2) is 33.1 Å². The molecule has 3 rings (SSSR count). The average molecular weight is 350 g/mol. The molecule has 0 radical (unpaired) electrons. The van der Waals surface area contributed by atoms with Gasteiger partial charge in [0.1, 0.15) is 11.2 Å². The minimum atomic E-state index is -0.240. The molecule has 6 nitrogen and oxygen atoms in total. The number of hydrogen-bond donors (Lipinski definition) is 0. The molecule has 0 spiro atoms. The van der Waals surface area contributed by atoms with Crippen LogP contribution in [0.2, 0.25) is 0 Å². The van der Waals surface area contributed by atoms with Crippen molar-refractivity contribution in [3.8, 4) is 0 Å². The Kier molecular flexibility index (Phi) is 5.41. The number of pyridine rings is 1. The van der Waals surface area contributed by atoms with E-state index in [2.05, 4.69) is 10.1 Å². The standard InChI is InChI=1S/C20H22N4O2/c1-15(2)21-18-10-6-7-13-23(18)20(26)17-11-12-19(25)24(22-17)14-16-8-4-3-5-9-16/h3-10,13,15H,11-12,14H2,1-2H3. The zero-order chi connectivity index (χ0) is 18.5. The van der Waals surface area contributed by atoms with Gasteiger partial charge >= 0.3 is 0 Å². The summed E-state index contributed by atoms with van der Waals surface area (Å²) in [4.78, 5) is 29.6. The molecule has 0 aliphatic carbocycles. The van der Waals surface area contributed by atoms with Gasteiger partial charge in [-0.15, -0.1) is 0 Å². The van der Waals surface area contributed by atoms with Gasteiger partial charge in [-0.3, -0.25) is 19.1 Å². The molecule has 2 aromatic rings. The third kappa shape index (κ3) is 4.14. The largest absolute Gasteiger partial charge is 0.279 e. The van der Waals surface area contributed by atoms with E-state index in [0.29, 0.717) is 24.2 Å². The molecule has 0 saturated heterocycles. The van der Waals surface area contributed by atoms with Gasteiger partial charge in [-0.1, -0.05) is 36.4 Å². The molecule has 0 saturated carbocycles. The Morgan fingerprint density at radius 2 is 1.85 bits per heavy atom. The maximum Gasteiger partial charge on any atom is 0.279 e. The minimum absolute atomic E-state index is 0.0703. The summed E-state index contributed by atoms with van der Waals surface area (Å²) in [6, 6.07) is 15.1. The molecule has 0 bridgehead atoms. The van der Waals surface area contributed by atoms with Crippen LogP contribution >= 0.6 is 0 Å². The summed E-state index contributed by atoms with van der Waals surface area (Å²) in [7, 11) is 0. The lowest BCUT2D eigenvalue weighted by Crippen LogP contribution is -2.38. The molecule has 1 aromatic carbocycles. The fourth-order valence-electron chi connectivity index (χ4n) is 2.75. The monoisotopic (exact) mass is 350 g/mol. The number of nitrogens with zero attached hydrogens (tertiary/aromatic N) is 4. The smallest absolute Gasteiger partial charge is 0.273 e. The first-order valence-corrected chi connectivity index (χ1v) is 8.72. The lowest BCUT2D eigenvalue weighted by Gasteiger charge is -2.23. The van der Waals surface area contributed by atoms with Gasteiger partial charge in [0.2, 0.25) is 5.91 Å². The Bertz CT molecular complexity index is 897. The van der Waals surface area contributed by atoms with Gasteiger partial charge in [0.15, 0.2) is 0 Å². The van der Waals surface area contributed by atoms with Gasteiger partial charge in [0.05, 0.1) is 6.54 Å². The molecule has 0 atom stereocenters. The second-order valence-electron chi connectivity index (χ2n) is 6.44. The first-order chi connectivity index (χ1) is 12.5. The van der Waals surface area contributed by atoms with E-state index in [0.717, 1.165) is 5.56 Å². The van der Waals surface area contributed by atoms with Crippen LogP contribution in [0.1, 0.15) is 37.0 Å². The Labute approximate surface area is 152 Å². The van der Waals surface area contributed by atoms with Gasteiger partial charge in [0.25, 0.3) is 5.91 Å². The summed E-state index contributed by atoms with van der Waals surface area (Å²) in [6.07, 6.45) is 2.30. The lowest BCUT2D eigenvalue weighted by atomic mass is 10.1. The highest BCUT2D eigenvalue weighted by atomic mass is 16.2. The van der Waals surface area contributed by atoms with Gasteiger partial charge in [0, 0.05) is 25.1 Å². The van der Waals surface area contributed by atoms with Crippen LogP contribution in [0.3, 0.4) is 0 Å². The second-order valence-corrected chi connectivity index (χ2v) is 6.44. The molecule has 0 N–H and O–H groups in total. The quantitative estimate of drug-likeness (QED) is 0.851. The highest BCUT2D eigenvalue weighted by Gasteiger charge is 2.25. The number of amides is 1. The Balaban J connectivity index is 1.90. The number of carbonyl (C=O) groups excluding carboxylic acids is 2. The summed E-state index contributed by atoms with van der Waals surface area (Å²) in [5.41, 5.74) is 1.93. The second kappa shape index (κ2) is 7.91. The molecule has 1 aliphatic rings. The maximum absolute atomic E-state index is 12.9. The summed E-state index contributed by atoms with van der Waals surface area (Å²) >= 11 is 0. The summed E-state index contributed by atoms with van der Waals surface area (Å²) < 4.78 is 1.50. The average Bonchev–Trinajstić information content (AvgIpc) is 2.64. The SMILES string of the molecule is CC(C)N=c1ccccn1C(=O)C1=NN(Cc2ccccc2)C(=O)CC1. The predicted octanol–water partition coefficient (Wildman–Crippen LogP) is 2.62. The van der Waals surface area contributed by atoms with E-state index in [1.165, 1.54) is 9.58 Å². The maximum atomic E-state index is 12.9. The van der Waals surface area contributed by atoms with E-state index in [4.69, 9.17) is 0 Å². The highest BCUT2D eigenvalue weighted by molar-refractivity contribution is 6.40. The molecule has 1 amide bonds. The van der Waals surface area contributed by atoms with Crippen molar-refractivity contribution < 1.29 is 9.59 Å². The van der Waals surface area contributed by atoms with Crippen LogP contribution in [0.5, 0.6) is 0 Å². The molecular weight excluding hydrogens is 328 g/mol. The number of benzene rings is 1. The summed E-state index contributed by atoms with van der Waals surface area (Å²) in [5, 5.41) is 5.73. The van der Waals surface area contributed by atoms with Crippen LogP contribution < -0.4 is 5.49 Å². The fourth-order valence-corrected chi connectivity index (χ4v) is 2.75. The first-order valence-electron chi connectivity index (χ1n) is 8.72. The van der Waals surface area contributed by atoms with E-state index >= 15 is 0 Å². The van der Waals surface area contributed by atoms with Crippen molar-refractivity contribution in [3.63, 3.8) is 0 Å². The van der Waals surface area contributed by atoms with E-state index < -0.39 is 0 Å². The number of hydrogen-bond acceptors (Lipinski definition) is 4. The van der Waals surface area contributed by atoms with Gasteiger partial charge in [-0.25, -0.2) is 5.01 Å². The van der Waals surface area contributed by atoms with E-state index in [1.807, 2.05) is 50.2 Å². The van der Waals surface area contributed by atoms with Crippen molar-refractivity contribution in [1.82, 2.24) is 9.58 Å². The van der Waals surface area contributed by atoms with Crippen molar-refractivity contribution in [2.75, 3.05) is 0 Å². The molecule has 1 aromatic heterocycles. The predicted molar refractivity (Wildman–Crippen MR) is 99.4 cm³/mol. The molecule has 0 fully saturated rings. The number of carbonyl (C=O) groups is 2. The topological polar surface area (TPSA) is 67.0 Å². The third-order valence-electron chi connectivity index (χ3n) is 3.97. The van der Waals surface area contributed by atoms with E-state index in [1.54, 1.807) is 18.3 Å². The molecule has 1 aliphatic heterocycles. The Hall–Kier alpha value is -3.02. The van der Waals surface area contributed by atoms with Gasteiger partial charge in [-0.2, -0.15) is 5.10 Å². The van der Waals surface area contributed by atoms with E-state index in [-0.39, 0.29) is 24.3 Å². The third-order valence-corrected chi connectivity index (χ3v) is 3.97. The molecule has 26 heavy (non-hydrogen) atoms. The van der Waals surface area contributed by atoms with E-state index in [9.17, 15) is 9.59 Å². The number of hydrazone groups is 1. The van der Waals surface area contributed by atoms with Crippen LogP contribution in [0, 0.1) is 0 Å². The first kappa shape index (κ1) is 17.8. The van der Waals surface area contributed by atoms with Crippen LogP contribution in [0.4, 0.5) is 0 Å². The lowest BCUT2D eigenvalue weighted by molar-refractivity contribution is -0.132. The fraction of sp³-hybridized carbons (Fsp3) is 0.300. The number of rotatable bonds is 4. The molecule has 6 heteroatoms. The molecule has 0 unspecified atom stereocenters. The zero-order valence-corrected chi connectivity index (χ0v) is 15.0. The van der Waals surface area contributed by atoms with Crippen LogP contribution in [-0.2, 0) is 11.3 Å². The van der Waals surface area contributed by atoms with Crippen molar-refractivity contribution in [2.24, 2.45) is 10.1 Å². The van der Waals surface area contributed by atoms with Crippen molar-refractivity contribution >= 4 is 17.5 Å². The zero-order valence-electron chi connectivity index (χ0n) is 15.0. The molecule has 2 heterocycles. The summed E-state index contributed by atoms with van der Waals surface area (Å²) in [5.74, 6) is -0.314. The van der Waals surface area contributed by atoms with Crippen molar-refractivity contribution in [3.05, 3.63) is 65.8 Å². The van der Waals surface area contributed by atoms with Crippen LogP contribution in [0.25, 0.3) is 0 Å². The van der Waals surface area contributed by atoms with Crippen molar-refractivity contribution in [2.45, 2.75) is 39.3 Å².